The van der Waals surface area contributed by atoms with Gasteiger partial charge in [0.1, 0.15) is 5.75 Å². The van der Waals surface area contributed by atoms with E-state index in [4.69, 9.17) is 9.97 Å². The van der Waals surface area contributed by atoms with E-state index in [9.17, 15) is 9.90 Å². The first-order chi connectivity index (χ1) is 15.6. The summed E-state index contributed by atoms with van der Waals surface area (Å²) in [6, 6.07) is 13.6. The van der Waals surface area contributed by atoms with Crippen molar-refractivity contribution in [2.24, 2.45) is 0 Å². The van der Waals surface area contributed by atoms with Crippen LogP contribution in [0.15, 0.2) is 42.5 Å². The number of carbonyl (C=O) groups excluding carboxylic acids is 1. The number of rotatable bonds is 4. The van der Waals surface area contributed by atoms with Gasteiger partial charge < -0.3 is 10.4 Å². The van der Waals surface area contributed by atoms with E-state index < -0.39 is 0 Å². The van der Waals surface area contributed by atoms with Crippen LogP contribution in [0, 0.1) is 6.92 Å². The molecule has 5 nitrogen and oxygen atoms in total. The Morgan fingerprint density at radius 1 is 1.03 bits per heavy atom. The predicted octanol–water partition coefficient (Wildman–Crippen LogP) is 5.49. The average molecular weight is 428 g/mol. The molecule has 1 heterocycles. The number of fused-ring (bicyclic) bond motifs is 3. The summed E-state index contributed by atoms with van der Waals surface area (Å²) < 4.78 is 0. The van der Waals surface area contributed by atoms with Gasteiger partial charge in [-0.3, -0.25) is 4.79 Å². The number of carbonyl (C=O) groups is 1. The highest BCUT2D eigenvalue weighted by atomic mass is 16.3. The van der Waals surface area contributed by atoms with E-state index in [0.717, 1.165) is 59.5 Å². The molecule has 2 aromatic carbocycles. The summed E-state index contributed by atoms with van der Waals surface area (Å²) >= 11 is 0. The number of aryl methyl sites for hydroxylation is 3. The number of nitrogens with one attached hydrogen (secondary N) is 1. The van der Waals surface area contributed by atoms with Crippen LogP contribution in [0.4, 0.5) is 5.82 Å². The topological polar surface area (TPSA) is 75.1 Å². The Morgan fingerprint density at radius 3 is 2.59 bits per heavy atom. The Bertz CT molecular complexity index is 1150. The average Bonchev–Trinajstić information content (AvgIpc) is 2.80. The van der Waals surface area contributed by atoms with E-state index in [-0.39, 0.29) is 11.7 Å². The summed E-state index contributed by atoms with van der Waals surface area (Å²) in [5.74, 6) is 1.18. The molecule has 2 N–H and O–H groups in total. The number of phenolic OH excluding ortho intramolecular Hbond substituents is 1. The lowest BCUT2D eigenvalue weighted by molar-refractivity contribution is -0.115. The fraction of sp³-hybridized carbons (Fsp3) is 0.370. The second-order valence-corrected chi connectivity index (χ2v) is 9.14. The summed E-state index contributed by atoms with van der Waals surface area (Å²) in [6.45, 7) is 2.04. The number of phenols is 1. The van der Waals surface area contributed by atoms with Crippen molar-refractivity contribution in [2.45, 2.75) is 64.2 Å². The monoisotopic (exact) mass is 427 g/mol. The van der Waals surface area contributed by atoms with Gasteiger partial charge in [0.15, 0.2) is 5.82 Å². The van der Waals surface area contributed by atoms with Gasteiger partial charge in [-0.25, -0.2) is 9.97 Å². The van der Waals surface area contributed by atoms with Crippen molar-refractivity contribution >= 4 is 11.7 Å². The Labute approximate surface area is 188 Å². The molecular formula is C27H29N3O2. The number of amides is 1. The first-order valence-electron chi connectivity index (χ1n) is 11.7. The van der Waals surface area contributed by atoms with Gasteiger partial charge in [-0.15, -0.1) is 0 Å². The molecule has 0 atom stereocenters. The molecule has 32 heavy (non-hydrogen) atoms. The molecule has 1 aromatic heterocycles. The molecule has 0 unspecified atom stereocenters. The molecule has 0 radical (unpaired) electrons. The van der Waals surface area contributed by atoms with E-state index >= 15 is 0 Å². The second-order valence-electron chi connectivity index (χ2n) is 9.14. The van der Waals surface area contributed by atoms with Crippen LogP contribution in [0.3, 0.4) is 0 Å². The van der Waals surface area contributed by atoms with Crippen molar-refractivity contribution in [2.75, 3.05) is 5.32 Å². The van der Waals surface area contributed by atoms with Crippen LogP contribution in [-0.4, -0.2) is 21.0 Å². The maximum Gasteiger partial charge on any atom is 0.229 e. The highest BCUT2D eigenvalue weighted by molar-refractivity contribution is 5.92. The van der Waals surface area contributed by atoms with Crippen LogP contribution in [0.1, 0.15) is 66.1 Å². The maximum absolute atomic E-state index is 12.9. The van der Waals surface area contributed by atoms with Crippen LogP contribution < -0.4 is 5.32 Å². The first kappa shape index (κ1) is 20.7. The molecule has 164 valence electrons. The molecule has 0 spiro atoms. The van der Waals surface area contributed by atoms with Crippen molar-refractivity contribution in [3.8, 4) is 17.0 Å². The number of benzene rings is 2. The lowest BCUT2D eigenvalue weighted by Gasteiger charge is -2.26. The lowest BCUT2D eigenvalue weighted by Crippen LogP contribution is -2.21. The number of aromatic hydroxyl groups is 1. The van der Waals surface area contributed by atoms with E-state index in [2.05, 4.69) is 5.32 Å². The van der Waals surface area contributed by atoms with Crippen LogP contribution in [0.2, 0.25) is 0 Å². The smallest absolute Gasteiger partial charge is 0.229 e. The molecule has 5 heteroatoms. The normalized spacial score (nSPS) is 15.7. The lowest BCUT2D eigenvalue weighted by atomic mass is 9.85. The minimum absolute atomic E-state index is 0.0544. The standard InChI is InChI=1S/C27H29N3O2/c1-17-7-9-18(10-8-17)15-24(32)29-27-25(19-5-3-2-4-6-19)30-26-22-13-12-21(31)16-20(22)11-14-23(26)28-27/h7-10,12-13,16,19,31H,2-6,11,14-15H2,1H3,(H,28,29,32). The summed E-state index contributed by atoms with van der Waals surface area (Å²) in [5, 5.41) is 13.0. The minimum atomic E-state index is -0.0544. The van der Waals surface area contributed by atoms with Crippen molar-refractivity contribution in [3.63, 3.8) is 0 Å². The molecule has 0 saturated heterocycles. The second kappa shape index (κ2) is 8.73. The molecular weight excluding hydrogens is 398 g/mol. The zero-order chi connectivity index (χ0) is 22.1. The Balaban J connectivity index is 1.49. The van der Waals surface area contributed by atoms with Crippen LogP contribution in [0.25, 0.3) is 11.3 Å². The van der Waals surface area contributed by atoms with Crippen molar-refractivity contribution in [3.05, 3.63) is 70.5 Å². The number of nitrogens with zero attached hydrogens (tertiary/aromatic N) is 2. The van der Waals surface area contributed by atoms with Crippen LogP contribution in [-0.2, 0) is 24.1 Å². The molecule has 5 rings (SSSR count). The van der Waals surface area contributed by atoms with Gasteiger partial charge in [0.2, 0.25) is 5.91 Å². The molecule has 0 bridgehead atoms. The molecule has 2 aliphatic carbocycles. The number of hydrogen-bond acceptors (Lipinski definition) is 4. The van der Waals surface area contributed by atoms with Gasteiger partial charge in [0.05, 0.1) is 23.5 Å². The van der Waals surface area contributed by atoms with Gasteiger partial charge >= 0.3 is 0 Å². The summed E-state index contributed by atoms with van der Waals surface area (Å²) in [5.41, 5.74) is 7.08. The van der Waals surface area contributed by atoms with Gasteiger partial charge in [-0.1, -0.05) is 49.1 Å². The third-order valence-corrected chi connectivity index (χ3v) is 6.71. The Morgan fingerprint density at radius 2 is 1.81 bits per heavy atom. The van der Waals surface area contributed by atoms with Crippen LogP contribution in [0.5, 0.6) is 5.75 Å². The fourth-order valence-electron chi connectivity index (χ4n) is 4.96. The van der Waals surface area contributed by atoms with Gasteiger partial charge in [0, 0.05) is 11.5 Å². The Kier molecular flexibility index (Phi) is 5.64. The van der Waals surface area contributed by atoms with Crippen molar-refractivity contribution < 1.29 is 9.90 Å². The first-order valence-corrected chi connectivity index (χ1v) is 11.7. The number of hydrogen-bond donors (Lipinski definition) is 2. The quantitative estimate of drug-likeness (QED) is 0.578. The Hall–Kier alpha value is -3.21. The largest absolute Gasteiger partial charge is 0.508 e. The summed E-state index contributed by atoms with van der Waals surface area (Å²) in [4.78, 5) is 23.0. The molecule has 1 amide bonds. The molecule has 1 fully saturated rings. The SMILES string of the molecule is Cc1ccc(CC(=O)Nc2nc3c(nc2C2CCCCC2)-c2ccc(O)cc2CC3)cc1. The minimum Gasteiger partial charge on any atom is -0.508 e. The van der Waals surface area contributed by atoms with E-state index in [1.54, 1.807) is 6.07 Å². The molecule has 0 aliphatic heterocycles. The van der Waals surface area contributed by atoms with Crippen molar-refractivity contribution in [1.82, 2.24) is 9.97 Å². The maximum atomic E-state index is 12.9. The summed E-state index contributed by atoms with van der Waals surface area (Å²) in [7, 11) is 0. The third kappa shape index (κ3) is 4.24. The van der Waals surface area contributed by atoms with E-state index in [1.165, 1.54) is 24.8 Å². The zero-order valence-corrected chi connectivity index (χ0v) is 18.5. The van der Waals surface area contributed by atoms with E-state index in [0.29, 0.717) is 18.2 Å². The van der Waals surface area contributed by atoms with Crippen LogP contribution >= 0.6 is 0 Å². The van der Waals surface area contributed by atoms with E-state index in [1.807, 2.05) is 43.3 Å². The van der Waals surface area contributed by atoms with Crippen molar-refractivity contribution in [1.29, 1.82) is 0 Å². The van der Waals surface area contributed by atoms with Gasteiger partial charge in [-0.2, -0.15) is 0 Å². The molecule has 2 aliphatic rings. The fourth-order valence-corrected chi connectivity index (χ4v) is 4.96. The predicted molar refractivity (Wildman–Crippen MR) is 126 cm³/mol. The third-order valence-electron chi connectivity index (χ3n) is 6.71. The van der Waals surface area contributed by atoms with Gasteiger partial charge in [0.25, 0.3) is 0 Å². The number of anilines is 1. The molecule has 3 aromatic rings. The summed E-state index contributed by atoms with van der Waals surface area (Å²) in [6.07, 6.45) is 7.68. The highest BCUT2D eigenvalue weighted by Crippen LogP contribution is 2.39. The van der Waals surface area contributed by atoms with Gasteiger partial charge in [-0.05, 0) is 61.9 Å². The highest BCUT2D eigenvalue weighted by Gasteiger charge is 2.27. The number of aromatic nitrogens is 2. The molecule has 1 saturated carbocycles. The zero-order valence-electron chi connectivity index (χ0n) is 18.5.